The van der Waals surface area contributed by atoms with Crippen LogP contribution in [0.15, 0.2) is 90.2 Å². The summed E-state index contributed by atoms with van der Waals surface area (Å²) in [7, 11) is 3.17. The number of halogens is 1. The van der Waals surface area contributed by atoms with E-state index in [9.17, 15) is 9.18 Å². The number of ether oxygens (including phenoxy) is 4. The number of anilines is 2. The Labute approximate surface area is 245 Å². The van der Waals surface area contributed by atoms with Crippen LogP contribution in [0.2, 0.25) is 0 Å². The maximum absolute atomic E-state index is 13.5. The van der Waals surface area contributed by atoms with E-state index >= 15 is 0 Å². The molecule has 11 heteroatoms. The second-order valence-electron chi connectivity index (χ2n) is 9.41. The van der Waals surface area contributed by atoms with Gasteiger partial charge in [0.2, 0.25) is 11.3 Å². The van der Waals surface area contributed by atoms with Crippen LogP contribution in [0.1, 0.15) is 0 Å². The van der Waals surface area contributed by atoms with Crippen molar-refractivity contribution in [1.29, 1.82) is 0 Å². The molecular formula is C32H26FN5O5. The van der Waals surface area contributed by atoms with Crippen molar-refractivity contribution in [1.82, 2.24) is 19.9 Å². The summed E-state index contributed by atoms with van der Waals surface area (Å²) in [5.41, 5.74) is 2.72. The minimum Gasteiger partial charge on any atom is -0.493 e. The molecule has 0 unspecified atom stereocenters. The van der Waals surface area contributed by atoms with Crippen molar-refractivity contribution in [2.24, 2.45) is 0 Å². The van der Waals surface area contributed by atoms with Gasteiger partial charge in [0.25, 0.3) is 0 Å². The largest absolute Gasteiger partial charge is 0.493 e. The van der Waals surface area contributed by atoms with Gasteiger partial charge in [-0.2, -0.15) is 0 Å². The second kappa shape index (κ2) is 12.1. The summed E-state index contributed by atoms with van der Waals surface area (Å²) in [6.07, 6.45) is 4.65. The molecule has 10 nitrogen and oxygen atoms in total. The number of H-pyrrole nitrogens is 1. The molecule has 2 N–H and O–H groups in total. The number of rotatable bonds is 10. The molecule has 0 amide bonds. The topological polar surface area (TPSA) is 120 Å². The Morgan fingerprint density at radius 1 is 0.907 bits per heavy atom. The lowest BCUT2D eigenvalue weighted by molar-refractivity contribution is 0.144. The Kier molecular flexibility index (Phi) is 7.79. The highest BCUT2D eigenvalue weighted by molar-refractivity contribution is 5.93. The Morgan fingerprint density at radius 2 is 1.72 bits per heavy atom. The smallest absolute Gasteiger partial charge is 0.230 e. The molecule has 6 rings (SSSR count). The summed E-state index contributed by atoms with van der Waals surface area (Å²) in [6.45, 7) is 0.774. The molecule has 0 bridgehead atoms. The number of aromatic nitrogens is 4. The van der Waals surface area contributed by atoms with Crippen LogP contribution < -0.4 is 25.0 Å². The summed E-state index contributed by atoms with van der Waals surface area (Å²) >= 11 is 0. The van der Waals surface area contributed by atoms with Crippen molar-refractivity contribution >= 4 is 33.3 Å². The first kappa shape index (κ1) is 27.6. The SMILES string of the molecule is COCCOc1cc2c(Oc3ccc(Nc4nccc5[nH]cc(-c6ccc(F)cc6)c(=O)c45)cc3)ncnc2cc1OC. The van der Waals surface area contributed by atoms with Gasteiger partial charge < -0.3 is 29.2 Å². The van der Waals surface area contributed by atoms with Crippen molar-refractivity contribution in [3.63, 3.8) is 0 Å². The average Bonchev–Trinajstić information content (AvgIpc) is 3.03. The van der Waals surface area contributed by atoms with E-state index in [0.717, 1.165) is 0 Å². The van der Waals surface area contributed by atoms with Gasteiger partial charge in [-0.1, -0.05) is 12.1 Å². The van der Waals surface area contributed by atoms with E-state index in [0.29, 0.717) is 80.8 Å². The quantitative estimate of drug-likeness (QED) is 0.182. The van der Waals surface area contributed by atoms with Crippen LogP contribution >= 0.6 is 0 Å². The van der Waals surface area contributed by atoms with Crippen LogP contribution in [0.25, 0.3) is 32.9 Å². The van der Waals surface area contributed by atoms with Crippen LogP contribution in [-0.2, 0) is 4.74 Å². The number of aromatic amines is 1. The number of methoxy groups -OCH3 is 2. The lowest BCUT2D eigenvalue weighted by atomic mass is 10.0. The molecule has 0 spiro atoms. The molecule has 43 heavy (non-hydrogen) atoms. The highest BCUT2D eigenvalue weighted by Gasteiger charge is 2.15. The van der Waals surface area contributed by atoms with E-state index in [2.05, 4.69) is 25.3 Å². The highest BCUT2D eigenvalue weighted by atomic mass is 19.1. The van der Waals surface area contributed by atoms with Crippen LogP contribution in [0.4, 0.5) is 15.9 Å². The van der Waals surface area contributed by atoms with Crippen molar-refractivity contribution < 1.29 is 23.3 Å². The summed E-state index contributed by atoms with van der Waals surface area (Å²) in [5.74, 6) is 1.95. The molecule has 3 heterocycles. The van der Waals surface area contributed by atoms with Crippen LogP contribution in [0.5, 0.6) is 23.1 Å². The molecule has 0 saturated carbocycles. The lowest BCUT2D eigenvalue weighted by Crippen LogP contribution is -2.09. The molecule has 3 aromatic heterocycles. The third-order valence-corrected chi connectivity index (χ3v) is 6.71. The number of hydrogen-bond acceptors (Lipinski definition) is 9. The third kappa shape index (κ3) is 5.79. The van der Waals surface area contributed by atoms with Crippen LogP contribution in [0, 0.1) is 5.82 Å². The number of pyridine rings is 2. The highest BCUT2D eigenvalue weighted by Crippen LogP contribution is 2.36. The number of benzene rings is 3. The Morgan fingerprint density at radius 3 is 2.49 bits per heavy atom. The predicted molar refractivity (Wildman–Crippen MR) is 161 cm³/mol. The van der Waals surface area contributed by atoms with Crippen molar-refractivity contribution in [3.8, 4) is 34.3 Å². The molecule has 0 aliphatic heterocycles. The zero-order valence-electron chi connectivity index (χ0n) is 23.3. The minimum atomic E-state index is -0.373. The fourth-order valence-corrected chi connectivity index (χ4v) is 4.58. The molecule has 0 atom stereocenters. The maximum Gasteiger partial charge on any atom is 0.230 e. The van der Waals surface area contributed by atoms with Gasteiger partial charge in [0.05, 0.1) is 35.5 Å². The molecule has 0 radical (unpaired) electrons. The Bertz CT molecular complexity index is 1960. The van der Waals surface area contributed by atoms with E-state index < -0.39 is 0 Å². The van der Waals surface area contributed by atoms with Crippen LogP contribution in [0.3, 0.4) is 0 Å². The molecule has 0 fully saturated rings. The van der Waals surface area contributed by atoms with E-state index in [1.54, 1.807) is 81.2 Å². The molecule has 0 saturated heterocycles. The third-order valence-electron chi connectivity index (χ3n) is 6.71. The first-order valence-corrected chi connectivity index (χ1v) is 13.3. The summed E-state index contributed by atoms with van der Waals surface area (Å²) in [5, 5.41) is 4.26. The Hall–Kier alpha value is -5.55. The average molecular weight is 580 g/mol. The second-order valence-corrected chi connectivity index (χ2v) is 9.41. The first-order chi connectivity index (χ1) is 21.0. The number of nitrogens with one attached hydrogen (secondary N) is 2. The number of fused-ring (bicyclic) bond motifs is 2. The van der Waals surface area contributed by atoms with Gasteiger partial charge in [0.1, 0.15) is 30.3 Å². The van der Waals surface area contributed by atoms with E-state index in [4.69, 9.17) is 18.9 Å². The molecule has 0 aliphatic carbocycles. The summed E-state index contributed by atoms with van der Waals surface area (Å²) < 4.78 is 35.9. The molecule has 0 aliphatic rings. The summed E-state index contributed by atoms with van der Waals surface area (Å²) in [4.78, 5) is 29.7. The number of nitrogens with zero attached hydrogens (tertiary/aromatic N) is 3. The van der Waals surface area contributed by atoms with Gasteiger partial charge in [0, 0.05) is 36.8 Å². The van der Waals surface area contributed by atoms with Gasteiger partial charge in [-0.15, -0.1) is 0 Å². The fraction of sp³-hybridized carbons (Fsp3) is 0.125. The molecule has 216 valence electrons. The van der Waals surface area contributed by atoms with Gasteiger partial charge in [0.15, 0.2) is 11.5 Å². The summed E-state index contributed by atoms with van der Waals surface area (Å²) in [6, 6.07) is 18.2. The van der Waals surface area contributed by atoms with Gasteiger partial charge >= 0.3 is 0 Å². The standard InChI is InChI=1S/C32H26FN5O5/c1-40-13-14-42-28-15-23-26(16-27(28)41-2)36-18-37-32(23)43-22-9-7-21(8-10-22)38-31-29-25(11-12-34-31)35-17-24(30(29)39)19-3-5-20(33)6-4-19/h3-12,15-18H,13-14H2,1-2H3,(H,34,38)(H,35,39). The zero-order chi connectivity index (χ0) is 29.8. The maximum atomic E-state index is 13.5. The molecular weight excluding hydrogens is 553 g/mol. The van der Waals surface area contributed by atoms with Gasteiger partial charge in [-0.05, 0) is 54.1 Å². The molecule has 6 aromatic rings. The monoisotopic (exact) mass is 579 g/mol. The fourth-order valence-electron chi connectivity index (χ4n) is 4.58. The van der Waals surface area contributed by atoms with Crippen molar-refractivity contribution in [2.75, 3.05) is 32.8 Å². The predicted octanol–water partition coefficient (Wildman–Crippen LogP) is 6.24. The van der Waals surface area contributed by atoms with Crippen molar-refractivity contribution in [2.45, 2.75) is 0 Å². The minimum absolute atomic E-state index is 0.228. The Balaban J connectivity index is 1.26. The van der Waals surface area contributed by atoms with E-state index in [1.165, 1.54) is 18.5 Å². The zero-order valence-corrected chi connectivity index (χ0v) is 23.3. The van der Waals surface area contributed by atoms with Gasteiger partial charge in [-0.3, -0.25) is 4.79 Å². The first-order valence-electron chi connectivity index (χ1n) is 13.3. The lowest BCUT2D eigenvalue weighted by Gasteiger charge is -2.13. The normalized spacial score (nSPS) is 11.0. The van der Waals surface area contributed by atoms with Gasteiger partial charge in [-0.25, -0.2) is 19.3 Å². The number of hydrogen-bond donors (Lipinski definition) is 2. The molecule has 3 aromatic carbocycles. The van der Waals surface area contributed by atoms with Crippen molar-refractivity contribution in [3.05, 3.63) is 101 Å². The van der Waals surface area contributed by atoms with E-state index in [1.807, 2.05) is 0 Å². The van der Waals surface area contributed by atoms with E-state index in [-0.39, 0.29) is 11.2 Å². The van der Waals surface area contributed by atoms with Crippen LogP contribution in [-0.4, -0.2) is 47.4 Å².